The molecule has 0 saturated carbocycles. The van der Waals surface area contributed by atoms with Crippen LogP contribution >= 0.6 is 0 Å². The van der Waals surface area contributed by atoms with Gasteiger partial charge >= 0.3 is 12.1 Å². The maximum atomic E-state index is 11.5. The Kier molecular flexibility index (Phi) is 5.18. The average Bonchev–Trinajstić information content (AvgIpc) is 2.02. The molecule has 0 aromatic heterocycles. The van der Waals surface area contributed by atoms with Gasteiger partial charge in [-0.2, -0.15) is 13.2 Å². The summed E-state index contributed by atoms with van der Waals surface area (Å²) in [5.74, 6) is -2.14. The fourth-order valence-corrected chi connectivity index (χ4v) is 0.558. The maximum absolute atomic E-state index is 11.5. The van der Waals surface area contributed by atoms with Crippen LogP contribution in [0, 0.1) is 0 Å². The Hall–Kier alpha value is -1.00. The van der Waals surface area contributed by atoms with Gasteiger partial charge in [0.25, 0.3) is 0 Å². The van der Waals surface area contributed by atoms with Crippen molar-refractivity contribution in [2.45, 2.75) is 25.9 Å². The Bertz CT molecular complexity index is 184. The van der Waals surface area contributed by atoms with E-state index in [0.717, 1.165) is 12.8 Å². The lowest BCUT2D eigenvalue weighted by Crippen LogP contribution is -2.25. The fraction of sp³-hybridized carbons (Fsp3) is 0.625. The number of alkyl halides is 3. The van der Waals surface area contributed by atoms with Gasteiger partial charge < -0.3 is 4.74 Å². The van der Waals surface area contributed by atoms with E-state index in [-0.39, 0.29) is 6.61 Å². The van der Waals surface area contributed by atoms with Crippen LogP contribution in [-0.4, -0.2) is 18.8 Å². The zero-order valence-corrected chi connectivity index (χ0v) is 7.23. The van der Waals surface area contributed by atoms with Gasteiger partial charge in [0.05, 0.1) is 0 Å². The summed E-state index contributed by atoms with van der Waals surface area (Å²) in [6.07, 6.45) is -0.150. The fourth-order valence-electron chi connectivity index (χ4n) is 0.558. The summed E-state index contributed by atoms with van der Waals surface area (Å²) in [7, 11) is 0. The van der Waals surface area contributed by atoms with E-state index in [4.69, 9.17) is 0 Å². The third kappa shape index (κ3) is 6.19. The van der Waals surface area contributed by atoms with E-state index >= 15 is 0 Å². The third-order valence-corrected chi connectivity index (χ3v) is 1.16. The second kappa shape index (κ2) is 5.61. The Morgan fingerprint density at radius 2 is 2.00 bits per heavy atom. The molecule has 0 aromatic rings. The zero-order chi connectivity index (χ0) is 10.3. The first-order chi connectivity index (χ1) is 5.98. The molecule has 0 saturated heterocycles. The number of rotatable bonds is 4. The molecule has 0 aromatic carbocycles. The minimum atomic E-state index is -4.89. The molecular formula is C8H11F3O2. The molecule has 0 radical (unpaired) electrons. The molecule has 2 nitrogen and oxygen atoms in total. The smallest absolute Gasteiger partial charge is 0.455 e. The standard InChI is InChI=1S/C8H11F3O2/c1-2-3-4-5-6-13-7(12)8(9,10)11/h4-5H,2-3,6H2,1H3/b5-4-. The van der Waals surface area contributed by atoms with E-state index in [0.29, 0.717) is 0 Å². The molecule has 0 rings (SSSR count). The van der Waals surface area contributed by atoms with E-state index in [1.54, 1.807) is 6.08 Å². The van der Waals surface area contributed by atoms with Gasteiger partial charge in [-0.05, 0) is 6.42 Å². The quantitative estimate of drug-likeness (QED) is 0.510. The Morgan fingerprint density at radius 3 is 2.46 bits per heavy atom. The Morgan fingerprint density at radius 1 is 1.38 bits per heavy atom. The van der Waals surface area contributed by atoms with Crippen molar-refractivity contribution < 1.29 is 22.7 Å². The SMILES string of the molecule is CCC/C=C\COC(=O)C(F)(F)F. The summed E-state index contributed by atoms with van der Waals surface area (Å²) < 4.78 is 38.5. The molecule has 0 spiro atoms. The number of allylic oxidation sites excluding steroid dienone is 1. The highest BCUT2D eigenvalue weighted by Gasteiger charge is 2.40. The molecule has 5 heteroatoms. The molecule has 13 heavy (non-hydrogen) atoms. The van der Waals surface area contributed by atoms with Crippen LogP contribution in [0.3, 0.4) is 0 Å². The van der Waals surface area contributed by atoms with Crippen LogP contribution in [0.2, 0.25) is 0 Å². The molecule has 0 amide bonds. The molecule has 0 aliphatic heterocycles. The summed E-state index contributed by atoms with van der Waals surface area (Å²) in [5.41, 5.74) is 0. The first-order valence-electron chi connectivity index (χ1n) is 3.87. The monoisotopic (exact) mass is 196 g/mol. The Labute approximate surface area is 74.4 Å². The molecule has 0 bridgehead atoms. The van der Waals surface area contributed by atoms with E-state index in [1.807, 2.05) is 6.92 Å². The normalized spacial score (nSPS) is 12.0. The average molecular weight is 196 g/mol. The van der Waals surface area contributed by atoms with Crippen LogP contribution in [0.4, 0.5) is 13.2 Å². The molecule has 0 unspecified atom stereocenters. The predicted molar refractivity (Wildman–Crippen MR) is 41.1 cm³/mol. The van der Waals surface area contributed by atoms with Gasteiger partial charge in [-0.15, -0.1) is 0 Å². The first-order valence-corrected chi connectivity index (χ1v) is 3.87. The first kappa shape index (κ1) is 12.0. The molecule has 0 N–H and O–H groups in total. The number of hydrogen-bond donors (Lipinski definition) is 0. The zero-order valence-electron chi connectivity index (χ0n) is 7.23. The highest BCUT2D eigenvalue weighted by molar-refractivity contribution is 5.75. The van der Waals surface area contributed by atoms with Gasteiger partial charge in [-0.25, -0.2) is 4.79 Å². The van der Waals surface area contributed by atoms with E-state index < -0.39 is 12.1 Å². The van der Waals surface area contributed by atoms with Crippen molar-refractivity contribution in [2.24, 2.45) is 0 Å². The van der Waals surface area contributed by atoms with Crippen LogP contribution in [0.15, 0.2) is 12.2 Å². The minimum Gasteiger partial charge on any atom is -0.455 e. The molecule has 0 atom stereocenters. The van der Waals surface area contributed by atoms with Crippen molar-refractivity contribution in [3.05, 3.63) is 12.2 Å². The molecule has 0 fully saturated rings. The van der Waals surface area contributed by atoms with Gasteiger partial charge in [0, 0.05) is 0 Å². The molecule has 76 valence electrons. The molecular weight excluding hydrogens is 185 g/mol. The topological polar surface area (TPSA) is 26.3 Å². The highest BCUT2D eigenvalue weighted by atomic mass is 19.4. The summed E-state index contributed by atoms with van der Waals surface area (Å²) in [5, 5.41) is 0. The highest BCUT2D eigenvalue weighted by Crippen LogP contribution is 2.16. The maximum Gasteiger partial charge on any atom is 0.490 e. The van der Waals surface area contributed by atoms with Crippen molar-refractivity contribution in [2.75, 3.05) is 6.61 Å². The van der Waals surface area contributed by atoms with Crippen LogP contribution in [0.1, 0.15) is 19.8 Å². The molecule has 0 heterocycles. The van der Waals surface area contributed by atoms with Crippen LogP contribution in [-0.2, 0) is 9.53 Å². The molecule has 0 aliphatic carbocycles. The lowest BCUT2D eigenvalue weighted by molar-refractivity contribution is -0.198. The predicted octanol–water partition coefficient (Wildman–Crippen LogP) is 2.45. The van der Waals surface area contributed by atoms with E-state index in [9.17, 15) is 18.0 Å². The Balaban J connectivity index is 3.60. The largest absolute Gasteiger partial charge is 0.490 e. The number of ether oxygens (including phenoxy) is 1. The van der Waals surface area contributed by atoms with E-state index in [1.165, 1.54) is 6.08 Å². The number of carbonyl (C=O) groups excluding carboxylic acids is 1. The van der Waals surface area contributed by atoms with Gasteiger partial charge in [0.2, 0.25) is 0 Å². The minimum absolute atomic E-state index is 0.321. The third-order valence-electron chi connectivity index (χ3n) is 1.16. The summed E-state index contributed by atoms with van der Waals surface area (Å²) in [6, 6.07) is 0. The van der Waals surface area contributed by atoms with Crippen molar-refractivity contribution in [3.63, 3.8) is 0 Å². The van der Waals surface area contributed by atoms with Crippen LogP contribution < -0.4 is 0 Å². The number of unbranched alkanes of at least 4 members (excludes halogenated alkanes) is 1. The van der Waals surface area contributed by atoms with Crippen molar-refractivity contribution in [1.82, 2.24) is 0 Å². The van der Waals surface area contributed by atoms with Gasteiger partial charge in [0.1, 0.15) is 6.61 Å². The summed E-state index contributed by atoms with van der Waals surface area (Å²) >= 11 is 0. The van der Waals surface area contributed by atoms with Crippen molar-refractivity contribution in [1.29, 1.82) is 0 Å². The van der Waals surface area contributed by atoms with Crippen LogP contribution in [0.25, 0.3) is 0 Å². The number of esters is 1. The van der Waals surface area contributed by atoms with Crippen LogP contribution in [0.5, 0.6) is 0 Å². The van der Waals surface area contributed by atoms with Gasteiger partial charge in [-0.1, -0.05) is 25.5 Å². The van der Waals surface area contributed by atoms with E-state index in [2.05, 4.69) is 4.74 Å². The van der Waals surface area contributed by atoms with Gasteiger partial charge in [0.15, 0.2) is 0 Å². The lowest BCUT2D eigenvalue weighted by atomic mass is 10.3. The number of carbonyl (C=O) groups is 1. The summed E-state index contributed by atoms with van der Waals surface area (Å²) in [6.45, 7) is 1.62. The van der Waals surface area contributed by atoms with Gasteiger partial charge in [-0.3, -0.25) is 0 Å². The van der Waals surface area contributed by atoms with Crippen molar-refractivity contribution >= 4 is 5.97 Å². The second-order valence-electron chi connectivity index (χ2n) is 2.36. The summed E-state index contributed by atoms with van der Waals surface area (Å²) in [4.78, 5) is 10.1. The van der Waals surface area contributed by atoms with Crippen molar-refractivity contribution in [3.8, 4) is 0 Å². The molecule has 0 aliphatic rings. The number of halogens is 3. The lowest BCUT2D eigenvalue weighted by Gasteiger charge is -2.03. The second-order valence-corrected chi connectivity index (χ2v) is 2.36. The number of hydrogen-bond acceptors (Lipinski definition) is 2.